The summed E-state index contributed by atoms with van der Waals surface area (Å²) in [6, 6.07) is 0. The molecule has 1 heterocycles. The number of hydrogen-bond donors (Lipinski definition) is 0. The zero-order chi connectivity index (χ0) is 12.7. The third-order valence-corrected chi connectivity index (χ3v) is 5.01. The summed E-state index contributed by atoms with van der Waals surface area (Å²) in [7, 11) is 0. The molecule has 2 unspecified atom stereocenters. The minimum absolute atomic E-state index is 0.137. The van der Waals surface area contributed by atoms with Crippen molar-refractivity contribution in [3.8, 4) is 0 Å². The van der Waals surface area contributed by atoms with E-state index >= 15 is 0 Å². The number of rotatable bonds is 8. The van der Waals surface area contributed by atoms with E-state index in [0.29, 0.717) is 0 Å². The molecule has 2 atom stereocenters. The maximum Gasteiger partial charge on any atom is 0.111 e. The van der Waals surface area contributed by atoms with Gasteiger partial charge in [0.1, 0.15) is 4.93 Å². The van der Waals surface area contributed by atoms with Gasteiger partial charge in [-0.25, -0.2) is 0 Å². The smallest absolute Gasteiger partial charge is 0.111 e. The Bertz CT molecular complexity index is 197. The predicted octanol–water partition coefficient (Wildman–Crippen LogP) is 5.10. The Morgan fingerprint density at radius 1 is 1.12 bits per heavy atom. The van der Waals surface area contributed by atoms with Gasteiger partial charge in [0.2, 0.25) is 0 Å². The Kier molecular flexibility index (Phi) is 6.94. The molecule has 1 aliphatic rings. The van der Waals surface area contributed by atoms with E-state index in [0.717, 1.165) is 18.4 Å². The maximum atomic E-state index is 5.80. The maximum absolute atomic E-state index is 5.80. The molecule has 0 bridgehead atoms. The summed E-state index contributed by atoms with van der Waals surface area (Å²) >= 11 is 2.00. The van der Waals surface area contributed by atoms with Gasteiger partial charge in [-0.3, -0.25) is 0 Å². The molecule has 1 rings (SSSR count). The number of hydrogen-bond acceptors (Lipinski definition) is 2. The second-order valence-electron chi connectivity index (χ2n) is 6.15. The Morgan fingerprint density at radius 3 is 2.41 bits per heavy atom. The fraction of sp³-hybridized carbons (Fsp3) is 1.00. The SMILES string of the molecule is CC(C)CCCC(C)CCCC1(C)OCCS1. The summed E-state index contributed by atoms with van der Waals surface area (Å²) in [4.78, 5) is 0.137. The Hall–Kier alpha value is 0.310. The van der Waals surface area contributed by atoms with Gasteiger partial charge in [0.15, 0.2) is 0 Å². The molecule has 0 amide bonds. The molecular weight excluding hydrogens is 228 g/mol. The third kappa shape index (κ3) is 6.71. The highest BCUT2D eigenvalue weighted by Crippen LogP contribution is 2.37. The van der Waals surface area contributed by atoms with Crippen LogP contribution in [-0.4, -0.2) is 17.3 Å². The molecule has 0 radical (unpaired) electrons. The topological polar surface area (TPSA) is 9.23 Å². The van der Waals surface area contributed by atoms with Crippen LogP contribution in [0.4, 0.5) is 0 Å². The fourth-order valence-electron chi connectivity index (χ4n) is 2.49. The van der Waals surface area contributed by atoms with Gasteiger partial charge in [-0.1, -0.05) is 46.5 Å². The van der Waals surface area contributed by atoms with Crippen molar-refractivity contribution in [1.29, 1.82) is 0 Å². The molecule has 0 aromatic carbocycles. The van der Waals surface area contributed by atoms with E-state index in [1.54, 1.807) is 0 Å². The van der Waals surface area contributed by atoms with Crippen molar-refractivity contribution in [1.82, 2.24) is 0 Å². The second kappa shape index (κ2) is 7.68. The van der Waals surface area contributed by atoms with E-state index in [4.69, 9.17) is 4.74 Å². The van der Waals surface area contributed by atoms with Crippen LogP contribution in [0.2, 0.25) is 0 Å². The van der Waals surface area contributed by atoms with Crippen LogP contribution in [0.25, 0.3) is 0 Å². The van der Waals surface area contributed by atoms with E-state index in [1.165, 1.54) is 44.3 Å². The lowest BCUT2D eigenvalue weighted by atomic mass is 9.95. The Labute approximate surface area is 112 Å². The van der Waals surface area contributed by atoms with Gasteiger partial charge in [0.05, 0.1) is 6.61 Å². The summed E-state index contributed by atoms with van der Waals surface area (Å²) in [5.74, 6) is 2.94. The first-order valence-electron chi connectivity index (χ1n) is 7.30. The van der Waals surface area contributed by atoms with Crippen molar-refractivity contribution >= 4 is 11.8 Å². The van der Waals surface area contributed by atoms with Crippen molar-refractivity contribution < 1.29 is 4.74 Å². The van der Waals surface area contributed by atoms with Crippen LogP contribution in [0.15, 0.2) is 0 Å². The zero-order valence-electron chi connectivity index (χ0n) is 12.1. The van der Waals surface area contributed by atoms with Gasteiger partial charge < -0.3 is 4.74 Å². The molecule has 1 fully saturated rings. The van der Waals surface area contributed by atoms with Gasteiger partial charge in [-0.2, -0.15) is 0 Å². The monoisotopic (exact) mass is 258 g/mol. The molecule has 0 aromatic rings. The molecule has 0 spiro atoms. The van der Waals surface area contributed by atoms with Crippen molar-refractivity contribution in [3.05, 3.63) is 0 Å². The molecule has 0 saturated carbocycles. The first-order chi connectivity index (χ1) is 8.02. The molecule has 1 aliphatic heterocycles. The van der Waals surface area contributed by atoms with Crippen molar-refractivity contribution in [2.75, 3.05) is 12.4 Å². The summed E-state index contributed by atoms with van der Waals surface area (Å²) < 4.78 is 5.80. The van der Waals surface area contributed by atoms with E-state index < -0.39 is 0 Å². The van der Waals surface area contributed by atoms with Gasteiger partial charge in [0.25, 0.3) is 0 Å². The first-order valence-corrected chi connectivity index (χ1v) is 8.28. The van der Waals surface area contributed by atoms with Crippen LogP contribution >= 0.6 is 11.8 Å². The lowest BCUT2D eigenvalue weighted by Crippen LogP contribution is -2.19. The van der Waals surface area contributed by atoms with Crippen molar-refractivity contribution in [3.63, 3.8) is 0 Å². The third-order valence-electron chi connectivity index (χ3n) is 3.70. The predicted molar refractivity (Wildman–Crippen MR) is 78.5 cm³/mol. The molecule has 1 nitrogen and oxygen atoms in total. The van der Waals surface area contributed by atoms with Gasteiger partial charge >= 0.3 is 0 Å². The second-order valence-corrected chi connectivity index (χ2v) is 7.71. The summed E-state index contributed by atoms with van der Waals surface area (Å²) in [5, 5.41) is 0. The van der Waals surface area contributed by atoms with Crippen LogP contribution in [0.3, 0.4) is 0 Å². The highest BCUT2D eigenvalue weighted by molar-refractivity contribution is 8.00. The van der Waals surface area contributed by atoms with Crippen LogP contribution in [0.5, 0.6) is 0 Å². The lowest BCUT2D eigenvalue weighted by Gasteiger charge is -2.22. The van der Waals surface area contributed by atoms with Crippen molar-refractivity contribution in [2.24, 2.45) is 11.8 Å². The minimum Gasteiger partial charge on any atom is -0.364 e. The van der Waals surface area contributed by atoms with Gasteiger partial charge in [-0.05, 0) is 31.6 Å². The van der Waals surface area contributed by atoms with E-state index in [2.05, 4.69) is 27.7 Å². The van der Waals surface area contributed by atoms with Gasteiger partial charge in [0, 0.05) is 5.75 Å². The minimum atomic E-state index is 0.137. The zero-order valence-corrected chi connectivity index (χ0v) is 12.9. The standard InChI is InChI=1S/C15H30OS/c1-13(2)7-5-8-14(3)9-6-10-15(4)16-11-12-17-15/h13-14H,5-12H2,1-4H3. The normalized spacial score (nSPS) is 26.6. The van der Waals surface area contributed by atoms with Gasteiger partial charge in [-0.15, -0.1) is 11.8 Å². The molecule has 0 N–H and O–H groups in total. The summed E-state index contributed by atoms with van der Waals surface area (Å²) in [6.07, 6.45) is 8.13. The first kappa shape index (κ1) is 15.4. The molecule has 1 saturated heterocycles. The highest BCUT2D eigenvalue weighted by atomic mass is 32.2. The van der Waals surface area contributed by atoms with Crippen molar-refractivity contribution in [2.45, 2.75) is 71.2 Å². The molecule has 102 valence electrons. The van der Waals surface area contributed by atoms with Crippen LogP contribution in [0, 0.1) is 11.8 Å². The molecule has 2 heteroatoms. The fourth-order valence-corrected chi connectivity index (χ4v) is 3.55. The number of thioether (sulfide) groups is 1. The average Bonchev–Trinajstić information content (AvgIpc) is 2.65. The van der Waals surface area contributed by atoms with E-state index in [-0.39, 0.29) is 4.93 Å². The number of ether oxygens (including phenoxy) is 1. The Balaban J connectivity index is 2.01. The quantitative estimate of drug-likeness (QED) is 0.599. The van der Waals surface area contributed by atoms with Crippen LogP contribution in [0.1, 0.15) is 66.2 Å². The Morgan fingerprint density at radius 2 is 1.82 bits per heavy atom. The molecule has 0 aromatic heterocycles. The van der Waals surface area contributed by atoms with E-state index in [9.17, 15) is 0 Å². The molecule has 17 heavy (non-hydrogen) atoms. The highest BCUT2D eigenvalue weighted by Gasteiger charge is 2.29. The summed E-state index contributed by atoms with van der Waals surface area (Å²) in [5.41, 5.74) is 0. The lowest BCUT2D eigenvalue weighted by molar-refractivity contribution is 0.0567. The average molecular weight is 258 g/mol. The van der Waals surface area contributed by atoms with E-state index in [1.807, 2.05) is 11.8 Å². The molecular formula is C15H30OS. The van der Waals surface area contributed by atoms with Crippen LogP contribution in [-0.2, 0) is 4.74 Å². The summed E-state index contributed by atoms with van der Waals surface area (Å²) in [6.45, 7) is 10.3. The van der Waals surface area contributed by atoms with Crippen LogP contribution < -0.4 is 0 Å². The molecule has 0 aliphatic carbocycles. The largest absolute Gasteiger partial charge is 0.364 e.